The first-order valence-corrected chi connectivity index (χ1v) is 24.2. The first-order chi connectivity index (χ1) is 25.0. The van der Waals surface area contributed by atoms with E-state index in [0.29, 0.717) is 95.8 Å². The van der Waals surface area contributed by atoms with Gasteiger partial charge in [-0.3, -0.25) is 0 Å². The van der Waals surface area contributed by atoms with Gasteiger partial charge in [-0.25, -0.2) is 0 Å². The van der Waals surface area contributed by atoms with Gasteiger partial charge < -0.3 is 47.2 Å². The number of nitrogens with zero attached hydrogens (tertiary/aromatic N) is 3. The van der Waals surface area contributed by atoms with Crippen molar-refractivity contribution in [2.45, 2.75) is 144 Å². The molecule has 15 heteroatoms. The molecule has 300 valence electrons. The Hall–Kier alpha value is -1.44. The van der Waals surface area contributed by atoms with Crippen LogP contribution in [0.1, 0.15) is 132 Å². The molecular formula is C36H76N6O7Si2. The van der Waals surface area contributed by atoms with Crippen LogP contribution in [0.4, 0.5) is 17.8 Å². The predicted octanol–water partition coefficient (Wildman–Crippen LogP) is 8.31. The Morgan fingerprint density at radius 3 is 1.06 bits per heavy atom. The number of nitrogens with one attached hydrogen (secondary N) is 3. The molecule has 51 heavy (non-hydrogen) atoms. The fourth-order valence-corrected chi connectivity index (χ4v) is 11.0. The Labute approximate surface area is 313 Å². The second kappa shape index (κ2) is 32.0. The van der Waals surface area contributed by atoms with E-state index in [9.17, 15) is 0 Å². The van der Waals surface area contributed by atoms with Crippen molar-refractivity contribution in [2.24, 2.45) is 0 Å². The highest BCUT2D eigenvalue weighted by Crippen LogP contribution is 2.20. The lowest BCUT2D eigenvalue weighted by Gasteiger charge is -2.28. The van der Waals surface area contributed by atoms with Crippen LogP contribution in [0.25, 0.3) is 0 Å². The average molecular weight is 761 g/mol. The van der Waals surface area contributed by atoms with Crippen molar-refractivity contribution < 1.29 is 31.3 Å². The van der Waals surface area contributed by atoms with E-state index in [2.05, 4.69) is 37.8 Å². The molecule has 0 unspecified atom stereocenters. The molecule has 0 aliphatic heterocycles. The largest absolute Gasteiger partial charge is 0.500 e. The van der Waals surface area contributed by atoms with Crippen molar-refractivity contribution in [3.05, 3.63) is 0 Å². The van der Waals surface area contributed by atoms with Gasteiger partial charge in [-0.05, 0) is 67.2 Å². The Balaban J connectivity index is 2.66. The summed E-state index contributed by atoms with van der Waals surface area (Å²) in [5.74, 6) is 1.53. The zero-order valence-corrected chi connectivity index (χ0v) is 35.6. The molecule has 0 saturated heterocycles. The molecule has 1 heterocycles. The second-order valence-electron chi connectivity index (χ2n) is 12.4. The van der Waals surface area contributed by atoms with Gasteiger partial charge in [0.15, 0.2) is 0 Å². The predicted molar refractivity (Wildman–Crippen MR) is 213 cm³/mol. The number of rotatable bonds is 38. The van der Waals surface area contributed by atoms with Crippen LogP contribution in [0.2, 0.25) is 12.1 Å². The molecule has 0 saturated carbocycles. The highest BCUT2D eigenvalue weighted by Gasteiger charge is 2.40. The molecule has 13 nitrogen and oxygen atoms in total. The minimum Gasteiger partial charge on any atom is -0.381 e. The van der Waals surface area contributed by atoms with Crippen LogP contribution >= 0.6 is 0 Å². The summed E-state index contributed by atoms with van der Waals surface area (Å²) in [5.41, 5.74) is 0. The lowest BCUT2D eigenvalue weighted by atomic mass is 10.1. The van der Waals surface area contributed by atoms with Crippen LogP contribution in [0.5, 0.6) is 0 Å². The van der Waals surface area contributed by atoms with Gasteiger partial charge in [0.25, 0.3) is 0 Å². The van der Waals surface area contributed by atoms with E-state index >= 15 is 0 Å². The monoisotopic (exact) mass is 761 g/mol. The van der Waals surface area contributed by atoms with Crippen LogP contribution in [-0.4, -0.2) is 105 Å². The maximum Gasteiger partial charge on any atom is 0.500 e. The molecular weight excluding hydrogens is 685 g/mol. The molecule has 0 atom stereocenters. The van der Waals surface area contributed by atoms with Gasteiger partial charge in [0, 0.05) is 84.6 Å². The fraction of sp³-hybridized carbons (Fsp3) is 0.917. The number of hydrogen-bond acceptors (Lipinski definition) is 13. The average Bonchev–Trinajstić information content (AvgIpc) is 3.11. The molecule has 0 bridgehead atoms. The third-order valence-electron chi connectivity index (χ3n) is 8.10. The highest BCUT2D eigenvalue weighted by molar-refractivity contribution is 6.61. The molecule has 0 spiro atoms. The first-order valence-electron chi connectivity index (χ1n) is 20.3. The number of ether oxygens (including phenoxy) is 1. The minimum atomic E-state index is -2.72. The maximum absolute atomic E-state index is 6.02. The standard InChI is InChI=1S/C36H76N6O7Si2/c1-8-15-16-17-18-19-20-21-22-23-30-43-31-24-27-37-34-40-35(38-28-25-32-50(44-9-2,45-10-3)46-11-4)42-36(41-34)39-29-26-33-51(47-12-5,48-13-6)49-14-7/h8-33H2,1-7H3,(H3,37,38,39,40,41,42). The first kappa shape index (κ1) is 47.6. The fourth-order valence-electron chi connectivity index (χ4n) is 5.79. The minimum absolute atomic E-state index is 0.505. The van der Waals surface area contributed by atoms with Crippen LogP contribution in [-0.2, 0) is 31.3 Å². The molecule has 0 radical (unpaired) electrons. The summed E-state index contributed by atoms with van der Waals surface area (Å²) in [6, 6.07) is 1.42. The zero-order chi connectivity index (χ0) is 37.3. The number of aromatic nitrogens is 3. The number of unbranched alkanes of at least 4 members (excludes halogenated alkanes) is 9. The topological polar surface area (TPSA) is 139 Å². The van der Waals surface area contributed by atoms with Crippen molar-refractivity contribution >= 4 is 35.5 Å². The molecule has 0 aromatic carbocycles. The van der Waals surface area contributed by atoms with Crippen LogP contribution in [0, 0.1) is 0 Å². The normalized spacial score (nSPS) is 12.1. The quantitative estimate of drug-likeness (QED) is 0.0440. The number of anilines is 3. The molecule has 0 fully saturated rings. The Morgan fingerprint density at radius 1 is 0.392 bits per heavy atom. The summed E-state index contributed by atoms with van der Waals surface area (Å²) in [5, 5.41) is 10.1. The molecule has 0 amide bonds. The van der Waals surface area contributed by atoms with Crippen molar-refractivity contribution in [1.82, 2.24) is 15.0 Å². The smallest absolute Gasteiger partial charge is 0.381 e. The van der Waals surface area contributed by atoms with Crippen molar-refractivity contribution in [1.29, 1.82) is 0 Å². The summed E-state index contributed by atoms with van der Waals surface area (Å²) in [6.07, 6.45) is 15.7. The Bertz CT molecular complexity index is 858. The lowest BCUT2D eigenvalue weighted by Crippen LogP contribution is -2.46. The van der Waals surface area contributed by atoms with E-state index in [1.807, 2.05) is 41.5 Å². The van der Waals surface area contributed by atoms with Gasteiger partial charge in [-0.1, -0.05) is 64.7 Å². The van der Waals surface area contributed by atoms with Crippen LogP contribution in [0.15, 0.2) is 0 Å². The summed E-state index contributed by atoms with van der Waals surface area (Å²) in [7, 11) is -5.43. The van der Waals surface area contributed by atoms with Crippen molar-refractivity contribution in [2.75, 3.05) is 88.4 Å². The highest BCUT2D eigenvalue weighted by atomic mass is 28.4. The van der Waals surface area contributed by atoms with E-state index in [4.69, 9.17) is 31.3 Å². The van der Waals surface area contributed by atoms with E-state index in [1.54, 1.807) is 0 Å². The number of hydrogen-bond donors (Lipinski definition) is 3. The summed E-state index contributed by atoms with van der Waals surface area (Å²) in [4.78, 5) is 14.0. The maximum atomic E-state index is 6.02. The molecule has 3 N–H and O–H groups in total. The van der Waals surface area contributed by atoms with Crippen LogP contribution in [0.3, 0.4) is 0 Å². The lowest BCUT2D eigenvalue weighted by molar-refractivity contribution is 0.0702. The van der Waals surface area contributed by atoms with E-state index < -0.39 is 17.6 Å². The SMILES string of the molecule is CCCCCCCCCCCCOCCCNc1nc(NCCC[Si](OCC)(OCC)OCC)nc(NCCC[Si](OCC)(OCC)OCC)n1. The molecule has 0 aliphatic carbocycles. The molecule has 1 rings (SSSR count). The van der Waals surface area contributed by atoms with Crippen molar-refractivity contribution in [3.63, 3.8) is 0 Å². The van der Waals surface area contributed by atoms with E-state index in [0.717, 1.165) is 32.3 Å². The molecule has 1 aromatic rings. The van der Waals surface area contributed by atoms with Gasteiger partial charge in [0.1, 0.15) is 0 Å². The third-order valence-corrected chi connectivity index (χ3v) is 14.4. The van der Waals surface area contributed by atoms with Gasteiger partial charge in [0.2, 0.25) is 17.8 Å². The Kier molecular flexibility index (Phi) is 29.9. The van der Waals surface area contributed by atoms with E-state index in [1.165, 1.54) is 57.8 Å². The summed E-state index contributed by atoms with van der Waals surface area (Å²) in [6.45, 7) is 21.0. The second-order valence-corrected chi connectivity index (χ2v) is 17.9. The zero-order valence-electron chi connectivity index (χ0n) is 33.6. The van der Waals surface area contributed by atoms with Crippen LogP contribution < -0.4 is 16.0 Å². The Morgan fingerprint density at radius 2 is 0.706 bits per heavy atom. The van der Waals surface area contributed by atoms with Crippen molar-refractivity contribution in [3.8, 4) is 0 Å². The van der Waals surface area contributed by atoms with Gasteiger partial charge in [-0.15, -0.1) is 0 Å². The summed E-state index contributed by atoms with van der Waals surface area (Å²) < 4.78 is 42.0. The molecule has 1 aromatic heterocycles. The third kappa shape index (κ3) is 23.1. The summed E-state index contributed by atoms with van der Waals surface area (Å²) >= 11 is 0. The van der Waals surface area contributed by atoms with Gasteiger partial charge in [-0.2, -0.15) is 15.0 Å². The van der Waals surface area contributed by atoms with Gasteiger partial charge in [0.05, 0.1) is 0 Å². The molecule has 0 aliphatic rings. The van der Waals surface area contributed by atoms with Gasteiger partial charge >= 0.3 is 17.6 Å². The van der Waals surface area contributed by atoms with E-state index in [-0.39, 0.29) is 0 Å².